The van der Waals surface area contributed by atoms with E-state index in [2.05, 4.69) is 25.1 Å². The van der Waals surface area contributed by atoms with Gasteiger partial charge in [0.05, 0.1) is 10.6 Å². The van der Waals surface area contributed by atoms with Crippen LogP contribution in [-0.2, 0) is 19.1 Å². The third-order valence-corrected chi connectivity index (χ3v) is 7.49. The quantitative estimate of drug-likeness (QED) is 0.202. The van der Waals surface area contributed by atoms with Gasteiger partial charge in [0, 0.05) is 23.8 Å². The first-order valence-corrected chi connectivity index (χ1v) is 11.2. The van der Waals surface area contributed by atoms with Crippen LogP contribution in [0.5, 0.6) is 0 Å². The maximum absolute atomic E-state index is 12.4. The lowest BCUT2D eigenvalue weighted by Crippen LogP contribution is -2.47. The molecule has 1 aromatic rings. The van der Waals surface area contributed by atoms with E-state index < -0.39 is 17.9 Å². The molecule has 3 aliphatic rings. The van der Waals surface area contributed by atoms with Crippen molar-refractivity contribution in [3.63, 3.8) is 0 Å². The van der Waals surface area contributed by atoms with E-state index >= 15 is 0 Å². The number of rotatable bonds is 4. The van der Waals surface area contributed by atoms with Gasteiger partial charge in [0.1, 0.15) is 17.4 Å². The lowest BCUT2D eigenvalue weighted by Gasteiger charge is -2.51. The molecule has 0 aromatic carbocycles. The number of halogens is 2. The molecule has 1 saturated heterocycles. The predicted molar refractivity (Wildman–Crippen MR) is 119 cm³/mol. The third-order valence-electron chi connectivity index (χ3n) is 6.97. The maximum Gasteiger partial charge on any atom is 0.334 e. The Morgan fingerprint density at radius 2 is 2.06 bits per heavy atom. The molecule has 0 amide bonds. The molecule has 0 bridgehead atoms. The number of allylic oxidation sites excluding steroid dienone is 1. The van der Waals surface area contributed by atoms with Crippen molar-refractivity contribution in [1.29, 1.82) is 0 Å². The van der Waals surface area contributed by atoms with Gasteiger partial charge in [-0.1, -0.05) is 43.3 Å². The SMILES string of the molecule is C=C1C(=O)O[C@@H]2C[C@@]3(C)CC[C@@H](OC(=O)/C=C/C(=O)c4cnc(Cl)cc4Cl)C(=C)[C@@H]3C[C@H]12. The number of hydrogen-bond donors (Lipinski definition) is 0. The van der Waals surface area contributed by atoms with Crippen LogP contribution in [0.15, 0.2) is 48.7 Å². The summed E-state index contributed by atoms with van der Waals surface area (Å²) in [7, 11) is 0. The van der Waals surface area contributed by atoms with Crippen molar-refractivity contribution in [1.82, 2.24) is 4.98 Å². The van der Waals surface area contributed by atoms with Gasteiger partial charge in [-0.15, -0.1) is 0 Å². The smallest absolute Gasteiger partial charge is 0.334 e. The average molecular weight is 476 g/mol. The fourth-order valence-corrected chi connectivity index (χ4v) is 5.63. The molecular formula is C24H23Cl2NO5. The third kappa shape index (κ3) is 4.14. The van der Waals surface area contributed by atoms with E-state index in [4.69, 9.17) is 32.7 Å². The first-order valence-electron chi connectivity index (χ1n) is 10.4. The number of esters is 2. The van der Waals surface area contributed by atoms with E-state index in [-0.39, 0.29) is 45.1 Å². The molecule has 4 rings (SSSR count). The lowest BCUT2D eigenvalue weighted by molar-refractivity contribution is -0.147. The Kier molecular flexibility index (Phi) is 6.03. The van der Waals surface area contributed by atoms with Crippen LogP contribution in [0.25, 0.3) is 0 Å². The summed E-state index contributed by atoms with van der Waals surface area (Å²) in [5, 5.41) is 0.323. The summed E-state index contributed by atoms with van der Waals surface area (Å²) >= 11 is 11.7. The summed E-state index contributed by atoms with van der Waals surface area (Å²) in [6.07, 6.45) is 5.74. The molecule has 2 aliphatic carbocycles. The molecule has 3 fully saturated rings. The lowest BCUT2D eigenvalue weighted by atomic mass is 9.55. The summed E-state index contributed by atoms with van der Waals surface area (Å²) in [4.78, 5) is 40.5. The van der Waals surface area contributed by atoms with Gasteiger partial charge in [0.25, 0.3) is 0 Å². The number of ether oxygens (including phenoxy) is 2. The first kappa shape index (κ1) is 22.7. The zero-order valence-electron chi connectivity index (χ0n) is 17.6. The van der Waals surface area contributed by atoms with Gasteiger partial charge < -0.3 is 9.47 Å². The van der Waals surface area contributed by atoms with Crippen LogP contribution in [0.2, 0.25) is 10.2 Å². The molecular weight excluding hydrogens is 453 g/mol. The summed E-state index contributed by atoms with van der Waals surface area (Å²) in [5.41, 5.74) is 1.42. The summed E-state index contributed by atoms with van der Waals surface area (Å²) < 4.78 is 11.1. The van der Waals surface area contributed by atoms with E-state index in [1.54, 1.807) is 0 Å². The highest BCUT2D eigenvalue weighted by Crippen LogP contribution is 2.57. The molecule has 6 nitrogen and oxygen atoms in total. The highest BCUT2D eigenvalue weighted by molar-refractivity contribution is 6.36. The Balaban J connectivity index is 1.41. The Hall–Kier alpha value is -2.44. The first-order chi connectivity index (χ1) is 15.1. The predicted octanol–water partition coefficient (Wildman–Crippen LogP) is 4.90. The Morgan fingerprint density at radius 1 is 1.31 bits per heavy atom. The number of ketones is 1. The van der Waals surface area contributed by atoms with Crippen LogP contribution in [0.4, 0.5) is 0 Å². The number of aromatic nitrogens is 1. The van der Waals surface area contributed by atoms with Crippen LogP contribution in [-0.4, -0.2) is 34.9 Å². The molecule has 0 unspecified atom stereocenters. The molecule has 1 aromatic heterocycles. The minimum atomic E-state index is -0.636. The zero-order valence-corrected chi connectivity index (χ0v) is 19.1. The molecule has 5 atom stereocenters. The van der Waals surface area contributed by atoms with Gasteiger partial charge in [0.15, 0.2) is 5.78 Å². The van der Waals surface area contributed by atoms with Crippen LogP contribution in [0.1, 0.15) is 43.0 Å². The highest BCUT2D eigenvalue weighted by atomic mass is 35.5. The minimum Gasteiger partial charge on any atom is -0.458 e. The molecule has 0 radical (unpaired) electrons. The molecule has 0 spiro atoms. The van der Waals surface area contributed by atoms with E-state index in [1.165, 1.54) is 12.3 Å². The summed E-state index contributed by atoms with van der Waals surface area (Å²) in [6, 6.07) is 1.36. The fraction of sp³-hybridized carbons (Fsp3) is 0.417. The van der Waals surface area contributed by atoms with E-state index in [9.17, 15) is 14.4 Å². The largest absolute Gasteiger partial charge is 0.458 e. The highest BCUT2D eigenvalue weighted by Gasteiger charge is 2.54. The molecule has 1 aliphatic heterocycles. The average Bonchev–Trinajstić information content (AvgIpc) is 2.99. The molecule has 32 heavy (non-hydrogen) atoms. The van der Waals surface area contributed by atoms with Gasteiger partial charge in [-0.3, -0.25) is 4.79 Å². The molecule has 8 heteroatoms. The van der Waals surface area contributed by atoms with Gasteiger partial charge >= 0.3 is 11.9 Å². The number of pyridine rings is 1. The van der Waals surface area contributed by atoms with Crippen molar-refractivity contribution in [2.75, 3.05) is 0 Å². The van der Waals surface area contributed by atoms with Gasteiger partial charge in [-0.05, 0) is 54.7 Å². The second-order valence-corrected chi connectivity index (χ2v) is 9.74. The Bertz CT molecular complexity index is 1060. The monoisotopic (exact) mass is 475 g/mol. The number of hydrogen-bond acceptors (Lipinski definition) is 6. The number of carbonyl (C=O) groups is 3. The van der Waals surface area contributed by atoms with Gasteiger partial charge in [0.2, 0.25) is 0 Å². The normalized spacial score (nSPS) is 31.8. The van der Waals surface area contributed by atoms with Crippen molar-refractivity contribution in [2.45, 2.75) is 44.8 Å². The standard InChI is InChI=1S/C24H23Cl2NO5/c1-12-14-8-16-13(2)19(6-7-24(16,3)10-20(14)32-23(12)30)31-22(29)5-4-18(28)15-11-27-21(26)9-17(15)25/h4-5,9,11,14,16,19-20H,1-2,6-8,10H2,3H3/b5-4+/t14-,16+,19-,20-,24-/m1/s1. The van der Waals surface area contributed by atoms with Gasteiger partial charge in [-0.2, -0.15) is 0 Å². The number of fused-ring (bicyclic) bond motifs is 2. The van der Waals surface area contributed by atoms with Crippen molar-refractivity contribution in [3.05, 3.63) is 64.5 Å². The number of nitrogens with zero attached hydrogens (tertiary/aromatic N) is 1. The topological polar surface area (TPSA) is 82.6 Å². The second-order valence-electron chi connectivity index (χ2n) is 8.95. The Morgan fingerprint density at radius 3 is 2.78 bits per heavy atom. The molecule has 168 valence electrons. The minimum absolute atomic E-state index is 0.0259. The second kappa shape index (κ2) is 8.49. The maximum atomic E-state index is 12.4. The van der Waals surface area contributed by atoms with Crippen LogP contribution in [0, 0.1) is 17.3 Å². The Labute approximate surface area is 196 Å². The van der Waals surface area contributed by atoms with E-state index in [0.717, 1.165) is 30.6 Å². The molecule has 0 N–H and O–H groups in total. The van der Waals surface area contributed by atoms with Crippen LogP contribution >= 0.6 is 23.2 Å². The molecule has 2 heterocycles. The summed E-state index contributed by atoms with van der Waals surface area (Å²) in [5.74, 6) is -1.37. The zero-order chi connectivity index (χ0) is 23.2. The van der Waals surface area contributed by atoms with Crippen LogP contribution < -0.4 is 0 Å². The van der Waals surface area contributed by atoms with Crippen molar-refractivity contribution in [3.8, 4) is 0 Å². The van der Waals surface area contributed by atoms with Gasteiger partial charge in [-0.25, -0.2) is 14.6 Å². The summed E-state index contributed by atoms with van der Waals surface area (Å²) in [6.45, 7) is 10.3. The number of carbonyl (C=O) groups excluding carboxylic acids is 3. The molecule has 2 saturated carbocycles. The fourth-order valence-electron chi connectivity index (χ4n) is 5.17. The van der Waals surface area contributed by atoms with Crippen LogP contribution in [0.3, 0.4) is 0 Å². The van der Waals surface area contributed by atoms with E-state index in [1.807, 2.05) is 0 Å². The van der Waals surface area contributed by atoms with Crippen molar-refractivity contribution >= 4 is 40.9 Å². The van der Waals surface area contributed by atoms with Crippen molar-refractivity contribution < 1.29 is 23.9 Å². The van der Waals surface area contributed by atoms with Crippen molar-refractivity contribution in [2.24, 2.45) is 17.3 Å². The van der Waals surface area contributed by atoms with E-state index in [0.29, 0.717) is 18.4 Å².